The second kappa shape index (κ2) is 14.9. The van der Waals surface area contributed by atoms with Gasteiger partial charge in [-0.25, -0.2) is 8.42 Å². The fraction of sp³-hybridized carbons (Fsp3) is 0.355. The number of unbranched alkanes of at least 4 members (excludes halogenated alkanes) is 1. The Balaban J connectivity index is 1.99. The summed E-state index contributed by atoms with van der Waals surface area (Å²) in [6.07, 6.45) is 2.67. The molecule has 0 saturated carbocycles. The maximum atomic E-state index is 14.0. The van der Waals surface area contributed by atoms with Crippen molar-refractivity contribution in [2.24, 2.45) is 0 Å². The van der Waals surface area contributed by atoms with Crippen LogP contribution in [0.3, 0.4) is 0 Å². The molecule has 0 bridgehead atoms. The van der Waals surface area contributed by atoms with Gasteiger partial charge >= 0.3 is 0 Å². The molecule has 0 radical (unpaired) electrons. The van der Waals surface area contributed by atoms with E-state index in [9.17, 15) is 18.0 Å². The lowest BCUT2D eigenvalue weighted by molar-refractivity contribution is -0.139. The highest BCUT2D eigenvalue weighted by Gasteiger charge is 2.33. The quantitative estimate of drug-likeness (QED) is 0.250. The van der Waals surface area contributed by atoms with E-state index < -0.39 is 28.5 Å². The number of rotatable bonds is 14. The summed E-state index contributed by atoms with van der Waals surface area (Å²) in [4.78, 5) is 28.8. The van der Waals surface area contributed by atoms with Crippen molar-refractivity contribution in [1.82, 2.24) is 10.2 Å². The fourth-order valence-corrected chi connectivity index (χ4v) is 5.99. The van der Waals surface area contributed by atoms with Crippen molar-refractivity contribution in [3.63, 3.8) is 0 Å². The van der Waals surface area contributed by atoms with Gasteiger partial charge in [-0.2, -0.15) is 0 Å². The number of nitrogens with one attached hydrogen (secondary N) is 1. The number of hydrogen-bond acceptors (Lipinski definition) is 4. The number of carbonyl (C=O) groups is 2. The van der Waals surface area contributed by atoms with E-state index in [1.807, 2.05) is 51.1 Å². The second-order valence-electron chi connectivity index (χ2n) is 9.65. The SMILES string of the molecule is CCCCNC(=O)[C@H](CC)N(CCc1ccccc1)C(=O)CN(c1ccc(C)c(Cl)c1)S(=O)(=O)c1ccccc1. The van der Waals surface area contributed by atoms with Gasteiger partial charge in [0.05, 0.1) is 10.6 Å². The number of halogens is 1. The molecular formula is C31H38ClN3O4S. The molecule has 0 aliphatic heterocycles. The van der Waals surface area contributed by atoms with E-state index in [1.165, 1.54) is 17.0 Å². The van der Waals surface area contributed by atoms with Crippen molar-refractivity contribution >= 4 is 39.1 Å². The van der Waals surface area contributed by atoms with Crippen LogP contribution in [0, 0.1) is 6.92 Å². The Kier molecular flexibility index (Phi) is 11.6. The van der Waals surface area contributed by atoms with Crippen molar-refractivity contribution in [2.45, 2.75) is 57.4 Å². The van der Waals surface area contributed by atoms with Gasteiger partial charge in [-0.15, -0.1) is 0 Å². The van der Waals surface area contributed by atoms with Gasteiger partial charge in [0, 0.05) is 18.1 Å². The first-order chi connectivity index (χ1) is 19.2. The topological polar surface area (TPSA) is 86.8 Å². The van der Waals surface area contributed by atoms with Gasteiger partial charge in [-0.3, -0.25) is 13.9 Å². The van der Waals surface area contributed by atoms with E-state index in [2.05, 4.69) is 5.32 Å². The van der Waals surface area contributed by atoms with Crippen LogP contribution < -0.4 is 9.62 Å². The summed E-state index contributed by atoms with van der Waals surface area (Å²) < 4.78 is 28.8. The number of nitrogens with zero attached hydrogens (tertiary/aromatic N) is 2. The van der Waals surface area contributed by atoms with Crippen molar-refractivity contribution in [2.75, 3.05) is 23.9 Å². The Labute approximate surface area is 243 Å². The highest BCUT2D eigenvalue weighted by atomic mass is 35.5. The average Bonchev–Trinajstić information content (AvgIpc) is 2.96. The molecule has 214 valence electrons. The minimum absolute atomic E-state index is 0.0553. The van der Waals surface area contributed by atoms with Crippen LogP contribution in [0.2, 0.25) is 5.02 Å². The predicted molar refractivity (Wildman–Crippen MR) is 161 cm³/mol. The maximum absolute atomic E-state index is 14.0. The number of carbonyl (C=O) groups excluding carboxylic acids is 2. The first-order valence-electron chi connectivity index (χ1n) is 13.6. The third kappa shape index (κ3) is 8.08. The molecule has 9 heteroatoms. The highest BCUT2D eigenvalue weighted by Crippen LogP contribution is 2.28. The van der Waals surface area contributed by atoms with E-state index in [0.29, 0.717) is 24.4 Å². The summed E-state index contributed by atoms with van der Waals surface area (Å²) in [6.45, 7) is 6.01. The van der Waals surface area contributed by atoms with E-state index in [4.69, 9.17) is 11.6 Å². The maximum Gasteiger partial charge on any atom is 0.264 e. The van der Waals surface area contributed by atoms with Gasteiger partial charge in [0.1, 0.15) is 12.6 Å². The molecule has 0 fully saturated rings. The first kappa shape index (κ1) is 31.2. The molecule has 0 unspecified atom stereocenters. The largest absolute Gasteiger partial charge is 0.354 e. The molecule has 0 saturated heterocycles. The Hall–Kier alpha value is -3.36. The number of benzene rings is 3. The molecule has 40 heavy (non-hydrogen) atoms. The molecular weight excluding hydrogens is 546 g/mol. The van der Waals surface area contributed by atoms with Crippen LogP contribution in [-0.4, -0.2) is 50.8 Å². The van der Waals surface area contributed by atoms with Crippen LogP contribution in [0.4, 0.5) is 5.69 Å². The molecule has 0 spiro atoms. The lowest BCUT2D eigenvalue weighted by atomic mass is 10.1. The molecule has 0 aliphatic rings. The summed E-state index contributed by atoms with van der Waals surface area (Å²) in [5.74, 6) is -0.710. The Morgan fingerprint density at radius 2 is 1.60 bits per heavy atom. The predicted octanol–water partition coefficient (Wildman–Crippen LogP) is 5.61. The Morgan fingerprint density at radius 3 is 2.20 bits per heavy atom. The number of aryl methyl sites for hydroxylation is 1. The third-order valence-electron chi connectivity index (χ3n) is 6.75. The Bertz CT molecular complexity index is 1370. The smallest absolute Gasteiger partial charge is 0.264 e. The summed E-state index contributed by atoms with van der Waals surface area (Å²) in [5.41, 5.74) is 2.07. The average molecular weight is 584 g/mol. The van der Waals surface area contributed by atoms with Crippen LogP contribution in [0.1, 0.15) is 44.2 Å². The standard InChI is InChI=1S/C31H38ClN3O4S/c1-4-6-20-33-31(37)29(5-2)34(21-19-25-13-9-7-10-14-25)30(36)23-35(26-18-17-24(3)28(32)22-26)40(38,39)27-15-11-8-12-16-27/h7-18,22,29H,4-6,19-21,23H2,1-3H3,(H,33,37)/t29-/m0/s1. The molecule has 0 heterocycles. The minimum atomic E-state index is -4.12. The fourth-order valence-electron chi connectivity index (χ4n) is 4.39. The van der Waals surface area contributed by atoms with E-state index >= 15 is 0 Å². The third-order valence-corrected chi connectivity index (χ3v) is 8.95. The van der Waals surface area contributed by atoms with Crippen LogP contribution in [0.15, 0.2) is 83.8 Å². The Morgan fingerprint density at radius 1 is 0.950 bits per heavy atom. The molecule has 3 rings (SSSR count). The van der Waals surface area contributed by atoms with Gasteiger partial charge in [-0.05, 0) is 61.6 Å². The number of anilines is 1. The lowest BCUT2D eigenvalue weighted by Crippen LogP contribution is -2.53. The lowest BCUT2D eigenvalue weighted by Gasteiger charge is -2.33. The van der Waals surface area contributed by atoms with Crippen LogP contribution in [0.5, 0.6) is 0 Å². The molecule has 1 atom stereocenters. The van der Waals surface area contributed by atoms with Gasteiger partial charge < -0.3 is 10.2 Å². The molecule has 1 N–H and O–H groups in total. The molecule has 7 nitrogen and oxygen atoms in total. The summed E-state index contributed by atoms with van der Waals surface area (Å²) in [6, 6.07) is 21.8. The van der Waals surface area contributed by atoms with Crippen molar-refractivity contribution in [3.8, 4) is 0 Å². The van der Waals surface area contributed by atoms with Gasteiger partial charge in [0.25, 0.3) is 10.0 Å². The number of sulfonamides is 1. The summed E-state index contributed by atoms with van der Waals surface area (Å²) in [7, 11) is -4.12. The molecule has 0 aromatic heterocycles. The van der Waals surface area contributed by atoms with Crippen molar-refractivity contribution < 1.29 is 18.0 Å². The highest BCUT2D eigenvalue weighted by molar-refractivity contribution is 7.92. The van der Waals surface area contributed by atoms with Crippen molar-refractivity contribution in [1.29, 1.82) is 0 Å². The van der Waals surface area contributed by atoms with E-state index in [1.54, 1.807) is 36.4 Å². The van der Waals surface area contributed by atoms with Crippen LogP contribution in [-0.2, 0) is 26.0 Å². The van der Waals surface area contributed by atoms with Crippen LogP contribution >= 0.6 is 11.6 Å². The zero-order chi connectivity index (χ0) is 29.1. The van der Waals surface area contributed by atoms with E-state index in [-0.39, 0.29) is 23.0 Å². The van der Waals surface area contributed by atoms with Crippen molar-refractivity contribution in [3.05, 3.63) is 95.0 Å². The minimum Gasteiger partial charge on any atom is -0.354 e. The number of hydrogen-bond donors (Lipinski definition) is 1. The van der Waals surface area contributed by atoms with Gasteiger partial charge in [-0.1, -0.05) is 86.5 Å². The molecule has 2 amide bonds. The van der Waals surface area contributed by atoms with Gasteiger partial charge in [0.15, 0.2) is 0 Å². The zero-order valence-corrected chi connectivity index (χ0v) is 24.9. The van der Waals surface area contributed by atoms with E-state index in [0.717, 1.165) is 28.3 Å². The zero-order valence-electron chi connectivity index (χ0n) is 23.3. The molecule has 3 aromatic carbocycles. The second-order valence-corrected chi connectivity index (χ2v) is 11.9. The normalized spacial score (nSPS) is 12.0. The molecule has 0 aliphatic carbocycles. The monoisotopic (exact) mass is 583 g/mol. The van der Waals surface area contributed by atoms with Gasteiger partial charge in [0.2, 0.25) is 11.8 Å². The van der Waals surface area contributed by atoms with Crippen LogP contribution in [0.25, 0.3) is 0 Å². The number of amides is 2. The summed E-state index contributed by atoms with van der Waals surface area (Å²) in [5, 5.41) is 3.33. The summed E-state index contributed by atoms with van der Waals surface area (Å²) >= 11 is 6.38. The first-order valence-corrected chi connectivity index (χ1v) is 15.5. The molecule has 3 aromatic rings.